The van der Waals surface area contributed by atoms with Crippen molar-refractivity contribution in [2.24, 2.45) is 0 Å². The molecule has 2 rings (SSSR count). The van der Waals surface area contributed by atoms with Gasteiger partial charge < -0.3 is 9.63 Å². The van der Waals surface area contributed by atoms with Gasteiger partial charge in [0.05, 0.1) is 0 Å². The second-order valence-corrected chi connectivity index (χ2v) is 3.84. The lowest BCUT2D eigenvalue weighted by molar-refractivity contribution is 0.0651. The summed E-state index contributed by atoms with van der Waals surface area (Å²) in [6, 6.07) is 7.86. The van der Waals surface area contributed by atoms with Gasteiger partial charge >= 0.3 is 5.97 Å². The van der Waals surface area contributed by atoms with Crippen LogP contribution in [0.2, 0.25) is 0 Å². The van der Waals surface area contributed by atoms with Gasteiger partial charge in [-0.15, -0.1) is 0 Å². The highest BCUT2D eigenvalue weighted by atomic mass is 16.5. The van der Waals surface area contributed by atoms with Gasteiger partial charge in [-0.3, -0.25) is 0 Å². The highest BCUT2D eigenvalue weighted by Gasteiger charge is 2.18. The average Bonchev–Trinajstić information content (AvgIpc) is 2.71. The molecule has 1 N–H and O–H groups in total. The monoisotopic (exact) mass is 231 g/mol. The van der Waals surface area contributed by atoms with Gasteiger partial charge in [0.1, 0.15) is 5.69 Å². The van der Waals surface area contributed by atoms with Crippen LogP contribution in [0.5, 0.6) is 0 Å². The highest BCUT2D eigenvalue weighted by molar-refractivity contribution is 5.88. The number of aromatic nitrogens is 1. The summed E-state index contributed by atoms with van der Waals surface area (Å²) in [5.41, 5.74) is 3.25. The maximum atomic E-state index is 10.8. The molecule has 0 saturated carbocycles. The molecule has 0 unspecified atom stereocenters. The van der Waals surface area contributed by atoms with Crippen molar-refractivity contribution in [2.75, 3.05) is 0 Å². The van der Waals surface area contributed by atoms with Crippen LogP contribution in [-0.2, 0) is 6.42 Å². The molecule has 0 aliphatic rings. The van der Waals surface area contributed by atoms with Gasteiger partial charge in [0, 0.05) is 11.1 Å². The number of hydrogen-bond acceptors (Lipinski definition) is 3. The van der Waals surface area contributed by atoms with Crippen LogP contribution in [0.1, 0.15) is 28.6 Å². The van der Waals surface area contributed by atoms with E-state index in [0.29, 0.717) is 11.3 Å². The molecule has 0 atom stereocenters. The summed E-state index contributed by atoms with van der Waals surface area (Å²) < 4.78 is 4.82. The fraction of sp³-hybridized carbons (Fsp3) is 0.231. The zero-order chi connectivity index (χ0) is 12.4. The number of aryl methyl sites for hydroxylation is 1. The number of carbonyl (C=O) groups is 1. The number of aromatic carboxylic acids is 1. The zero-order valence-electron chi connectivity index (χ0n) is 9.73. The minimum absolute atomic E-state index is 0.0976. The van der Waals surface area contributed by atoms with Gasteiger partial charge in [-0.2, -0.15) is 0 Å². The Bertz CT molecular complexity index is 540. The van der Waals surface area contributed by atoms with E-state index in [-0.39, 0.29) is 5.76 Å². The molecule has 2 aromatic rings. The quantitative estimate of drug-likeness (QED) is 0.882. The van der Waals surface area contributed by atoms with Crippen molar-refractivity contribution < 1.29 is 14.4 Å². The first-order valence-electron chi connectivity index (χ1n) is 5.42. The van der Waals surface area contributed by atoms with E-state index >= 15 is 0 Å². The fourth-order valence-electron chi connectivity index (χ4n) is 1.70. The van der Waals surface area contributed by atoms with E-state index in [0.717, 1.165) is 12.0 Å². The Morgan fingerprint density at radius 3 is 2.47 bits per heavy atom. The third kappa shape index (κ3) is 2.06. The summed E-state index contributed by atoms with van der Waals surface area (Å²) in [6.07, 6.45) is 0.971. The minimum Gasteiger partial charge on any atom is -0.475 e. The molecule has 0 amide bonds. The van der Waals surface area contributed by atoms with Crippen molar-refractivity contribution >= 4 is 5.97 Å². The molecule has 0 radical (unpaired) electrons. The Balaban J connectivity index is 2.42. The van der Waals surface area contributed by atoms with Crippen LogP contribution in [-0.4, -0.2) is 16.2 Å². The molecule has 1 aromatic carbocycles. The third-order valence-electron chi connectivity index (χ3n) is 2.75. The van der Waals surface area contributed by atoms with Crippen LogP contribution in [0, 0.1) is 6.92 Å². The first-order valence-corrected chi connectivity index (χ1v) is 5.42. The van der Waals surface area contributed by atoms with E-state index in [2.05, 4.69) is 12.1 Å². The molecule has 4 heteroatoms. The van der Waals surface area contributed by atoms with Crippen LogP contribution in [0.25, 0.3) is 11.3 Å². The Hall–Kier alpha value is -2.10. The van der Waals surface area contributed by atoms with Gasteiger partial charge in [0.25, 0.3) is 0 Å². The van der Waals surface area contributed by atoms with Crippen LogP contribution < -0.4 is 0 Å². The summed E-state index contributed by atoms with van der Waals surface area (Å²) in [6.45, 7) is 3.78. The van der Waals surface area contributed by atoms with E-state index in [1.54, 1.807) is 6.92 Å². The number of carboxylic acids is 1. The first kappa shape index (κ1) is 11.4. The summed E-state index contributed by atoms with van der Waals surface area (Å²) in [5.74, 6) is -1.19. The maximum Gasteiger partial charge on any atom is 0.375 e. The molecule has 0 bridgehead atoms. The Kier molecular flexibility index (Phi) is 2.95. The Labute approximate surface area is 98.9 Å². The average molecular weight is 231 g/mol. The molecular weight excluding hydrogens is 218 g/mol. The van der Waals surface area contributed by atoms with E-state index in [1.807, 2.05) is 24.3 Å². The predicted molar refractivity (Wildman–Crippen MR) is 63.0 cm³/mol. The molecule has 0 aliphatic heterocycles. The molecule has 0 spiro atoms. The number of rotatable bonds is 3. The van der Waals surface area contributed by atoms with Gasteiger partial charge in [0.15, 0.2) is 0 Å². The smallest absolute Gasteiger partial charge is 0.375 e. The van der Waals surface area contributed by atoms with Crippen molar-refractivity contribution in [1.29, 1.82) is 0 Å². The van der Waals surface area contributed by atoms with Crippen molar-refractivity contribution in [3.8, 4) is 11.3 Å². The van der Waals surface area contributed by atoms with Crippen LogP contribution >= 0.6 is 0 Å². The molecule has 0 saturated heterocycles. The Morgan fingerprint density at radius 2 is 2.00 bits per heavy atom. The maximum absolute atomic E-state index is 10.8. The highest BCUT2D eigenvalue weighted by Crippen LogP contribution is 2.25. The molecule has 4 nitrogen and oxygen atoms in total. The molecule has 0 fully saturated rings. The molecule has 17 heavy (non-hydrogen) atoms. The molecular formula is C13H13NO3. The lowest BCUT2D eigenvalue weighted by atomic mass is 10.0. The van der Waals surface area contributed by atoms with Crippen molar-refractivity contribution in [3.05, 3.63) is 41.2 Å². The van der Waals surface area contributed by atoms with Crippen molar-refractivity contribution in [1.82, 2.24) is 5.16 Å². The van der Waals surface area contributed by atoms with E-state index in [1.165, 1.54) is 5.56 Å². The zero-order valence-corrected chi connectivity index (χ0v) is 9.73. The van der Waals surface area contributed by atoms with Crippen LogP contribution in [0.3, 0.4) is 0 Å². The number of nitrogens with zero attached hydrogens (tertiary/aromatic N) is 1. The second kappa shape index (κ2) is 4.41. The van der Waals surface area contributed by atoms with E-state index < -0.39 is 5.97 Å². The molecule has 88 valence electrons. The number of hydrogen-bond donors (Lipinski definition) is 1. The lowest BCUT2D eigenvalue weighted by Crippen LogP contribution is -1.95. The van der Waals surface area contributed by atoms with Crippen molar-refractivity contribution in [2.45, 2.75) is 20.3 Å². The lowest BCUT2D eigenvalue weighted by Gasteiger charge is -1.99. The topological polar surface area (TPSA) is 63.3 Å². The summed E-state index contributed by atoms with van der Waals surface area (Å²) in [4.78, 5) is 10.8. The van der Waals surface area contributed by atoms with E-state index in [4.69, 9.17) is 9.63 Å². The largest absolute Gasteiger partial charge is 0.475 e. The minimum atomic E-state index is -1.09. The predicted octanol–water partition coefficient (Wildman–Crippen LogP) is 2.91. The normalized spacial score (nSPS) is 10.5. The van der Waals surface area contributed by atoms with Crippen LogP contribution in [0.4, 0.5) is 0 Å². The summed E-state index contributed by atoms with van der Waals surface area (Å²) in [7, 11) is 0. The second-order valence-electron chi connectivity index (χ2n) is 3.84. The molecule has 1 aromatic heterocycles. The standard InChI is InChI=1S/C13H13NO3/c1-3-9-4-6-10(7-5-9)11-8(2)12(13(15)16)17-14-11/h4-7H,3H2,1-2H3,(H,15,16). The molecule has 0 aliphatic carbocycles. The Morgan fingerprint density at radius 1 is 1.35 bits per heavy atom. The third-order valence-corrected chi connectivity index (χ3v) is 2.75. The number of benzene rings is 1. The van der Waals surface area contributed by atoms with Gasteiger partial charge in [-0.1, -0.05) is 36.3 Å². The van der Waals surface area contributed by atoms with Gasteiger partial charge in [-0.25, -0.2) is 4.79 Å². The molecule has 1 heterocycles. The van der Waals surface area contributed by atoms with Gasteiger partial charge in [0.2, 0.25) is 5.76 Å². The summed E-state index contributed by atoms with van der Waals surface area (Å²) in [5, 5.41) is 12.7. The number of carboxylic acid groups (broad SMARTS) is 1. The summed E-state index contributed by atoms with van der Waals surface area (Å²) >= 11 is 0. The van der Waals surface area contributed by atoms with Crippen LogP contribution in [0.15, 0.2) is 28.8 Å². The first-order chi connectivity index (χ1) is 8.13. The van der Waals surface area contributed by atoms with Crippen molar-refractivity contribution in [3.63, 3.8) is 0 Å². The SMILES string of the molecule is CCc1ccc(-c2noc(C(=O)O)c2C)cc1. The van der Waals surface area contributed by atoms with Gasteiger partial charge in [-0.05, 0) is 18.9 Å². The fourth-order valence-corrected chi connectivity index (χ4v) is 1.70. The van der Waals surface area contributed by atoms with E-state index in [9.17, 15) is 4.79 Å².